The zero-order chi connectivity index (χ0) is 31.3. The highest BCUT2D eigenvalue weighted by molar-refractivity contribution is 9.10. The largest absolute Gasteiger partial charge is 0.507 e. The van der Waals surface area contributed by atoms with Crippen LogP contribution < -0.4 is 0 Å². The topological polar surface area (TPSA) is 169 Å². The van der Waals surface area contributed by atoms with Gasteiger partial charge in [-0.2, -0.15) is 0 Å². The Morgan fingerprint density at radius 1 is 0.698 bits per heavy atom. The molecular weight excluding hydrogens is 624 g/mol. The third kappa shape index (κ3) is 4.85. The fraction of sp³-hybridized carbons (Fsp3) is 0.188. The molecule has 2 heterocycles. The van der Waals surface area contributed by atoms with Crippen molar-refractivity contribution in [3.63, 3.8) is 0 Å². The van der Waals surface area contributed by atoms with Gasteiger partial charge >= 0.3 is 0 Å². The molecule has 0 saturated heterocycles. The number of aromatic hydroxyl groups is 2. The summed E-state index contributed by atoms with van der Waals surface area (Å²) in [6.07, 6.45) is 2.46. The normalized spacial score (nSPS) is 13.0. The van der Waals surface area contributed by atoms with Crippen molar-refractivity contribution in [3.8, 4) is 11.5 Å². The van der Waals surface area contributed by atoms with Crippen LogP contribution >= 0.6 is 15.9 Å². The minimum Gasteiger partial charge on any atom is -0.507 e. The van der Waals surface area contributed by atoms with E-state index in [1.54, 1.807) is 12.1 Å². The Hall–Kier alpha value is -4.90. The first kappa shape index (κ1) is 29.6. The molecule has 0 unspecified atom stereocenters. The van der Waals surface area contributed by atoms with E-state index in [-0.39, 0.29) is 79.5 Å². The Balaban J connectivity index is 0.000000173. The van der Waals surface area contributed by atoms with Gasteiger partial charge in [-0.05, 0) is 64.7 Å². The van der Waals surface area contributed by atoms with Crippen molar-refractivity contribution in [1.29, 1.82) is 0 Å². The number of benzene rings is 2. The predicted molar refractivity (Wildman–Crippen MR) is 154 cm³/mol. The number of carbonyl (C=O) groups excluding carboxylic acids is 6. The number of hydrogen-bond donors (Lipinski definition) is 2. The van der Waals surface area contributed by atoms with E-state index >= 15 is 0 Å². The molecule has 10 nitrogen and oxygen atoms in total. The summed E-state index contributed by atoms with van der Waals surface area (Å²) in [5, 5.41) is 20.4. The molecule has 0 saturated carbocycles. The molecule has 2 aromatic carbocycles. The van der Waals surface area contributed by atoms with Gasteiger partial charge in [0.1, 0.15) is 11.5 Å². The molecule has 6 rings (SSSR count). The second kappa shape index (κ2) is 11.1. The first-order chi connectivity index (χ1) is 20.4. The lowest BCUT2D eigenvalue weighted by atomic mass is 9.85. The molecule has 0 fully saturated rings. The number of phenolic OH excluding ortho intramolecular Hbond substituents is 2. The van der Waals surface area contributed by atoms with E-state index in [1.165, 1.54) is 38.1 Å². The lowest BCUT2D eigenvalue weighted by Crippen LogP contribution is -2.19. The number of phenols is 2. The molecule has 0 aliphatic heterocycles. The zero-order valence-electron chi connectivity index (χ0n) is 23.1. The monoisotopic (exact) mass is 646 g/mol. The van der Waals surface area contributed by atoms with Gasteiger partial charge in [-0.1, -0.05) is 19.4 Å². The van der Waals surface area contributed by atoms with Crippen LogP contribution in [0.25, 0.3) is 0 Å². The standard InChI is InChI=1S/C18H16O5.C14H7BrO5/c1-3-4-5-10-6-7-11-14(15(10)20)16(21)12-8-13(9(2)19)23-18(12)17(11)22;1-5(16)9-4-7-11(17)10-6(12(18)14(7)20-9)2-3-8(15)13(10)19/h6-8,20H,3-5H2,1-2H3;2-4,19H,1H3. The van der Waals surface area contributed by atoms with E-state index in [0.29, 0.717) is 16.5 Å². The predicted octanol–water partition coefficient (Wildman–Crippen LogP) is 6.03. The van der Waals surface area contributed by atoms with Gasteiger partial charge in [0.05, 0.1) is 26.7 Å². The van der Waals surface area contributed by atoms with Crippen LogP contribution in [0.15, 0.2) is 49.7 Å². The molecule has 2 aliphatic carbocycles. The van der Waals surface area contributed by atoms with Crippen LogP contribution in [0.4, 0.5) is 0 Å². The number of Topliss-reactive ketones (excluding diaryl/α,β-unsaturated/α-hetero) is 2. The van der Waals surface area contributed by atoms with Gasteiger partial charge in [0, 0.05) is 25.0 Å². The molecule has 4 aromatic rings. The number of ketones is 6. The third-order valence-corrected chi connectivity index (χ3v) is 7.83. The number of fused-ring (bicyclic) bond motifs is 4. The number of furan rings is 2. The number of carbonyl (C=O) groups is 6. The summed E-state index contributed by atoms with van der Waals surface area (Å²) in [6, 6.07) is 8.62. The maximum atomic E-state index is 12.7. The number of hydrogen-bond acceptors (Lipinski definition) is 10. The summed E-state index contributed by atoms with van der Waals surface area (Å²) < 4.78 is 10.7. The zero-order valence-corrected chi connectivity index (χ0v) is 24.7. The molecule has 2 aliphatic rings. The molecule has 2 N–H and O–H groups in total. The Bertz CT molecular complexity index is 1920. The fourth-order valence-electron chi connectivity index (χ4n) is 4.92. The first-order valence-corrected chi connectivity index (χ1v) is 14.0. The molecule has 11 heteroatoms. The lowest BCUT2D eigenvalue weighted by molar-refractivity contribution is 0.0942. The maximum absolute atomic E-state index is 12.7. The minimum absolute atomic E-state index is 0.00102. The summed E-state index contributed by atoms with van der Waals surface area (Å²) >= 11 is 3.10. The van der Waals surface area contributed by atoms with Gasteiger partial charge in [-0.15, -0.1) is 0 Å². The summed E-state index contributed by atoms with van der Waals surface area (Å²) in [7, 11) is 0. The average Bonchev–Trinajstić information content (AvgIpc) is 3.63. The minimum atomic E-state index is -0.537. The van der Waals surface area contributed by atoms with Gasteiger partial charge < -0.3 is 19.0 Å². The summed E-state index contributed by atoms with van der Waals surface area (Å²) in [4.78, 5) is 72.5. The van der Waals surface area contributed by atoms with E-state index in [4.69, 9.17) is 8.83 Å². The summed E-state index contributed by atoms with van der Waals surface area (Å²) in [5.41, 5.74) is 0.791. The van der Waals surface area contributed by atoms with Crippen molar-refractivity contribution in [1.82, 2.24) is 0 Å². The van der Waals surface area contributed by atoms with Crippen molar-refractivity contribution in [2.45, 2.75) is 40.0 Å². The SMILES string of the molecule is CC(=O)c1cc2c(o1)C(=O)c1ccc(Br)c(O)c1C2=O.CCCCc1ccc2c(c1O)C(=O)c1cc(C(C)=O)oc1C2=O. The number of halogens is 1. The van der Waals surface area contributed by atoms with E-state index in [9.17, 15) is 39.0 Å². The highest BCUT2D eigenvalue weighted by Gasteiger charge is 2.38. The Morgan fingerprint density at radius 2 is 1.16 bits per heavy atom. The summed E-state index contributed by atoms with van der Waals surface area (Å²) in [6.45, 7) is 4.61. The number of unbranched alkanes of at least 4 members (excludes halogenated alkanes) is 1. The fourth-order valence-corrected chi connectivity index (χ4v) is 5.26. The smallest absolute Gasteiger partial charge is 0.229 e. The molecule has 43 heavy (non-hydrogen) atoms. The van der Waals surface area contributed by atoms with Crippen LogP contribution in [0.2, 0.25) is 0 Å². The van der Waals surface area contributed by atoms with Crippen molar-refractivity contribution in [2.75, 3.05) is 0 Å². The highest BCUT2D eigenvalue weighted by Crippen LogP contribution is 2.39. The first-order valence-electron chi connectivity index (χ1n) is 13.2. The van der Waals surface area contributed by atoms with Crippen molar-refractivity contribution in [3.05, 3.63) is 103 Å². The van der Waals surface area contributed by atoms with Crippen LogP contribution in [-0.2, 0) is 6.42 Å². The molecule has 0 atom stereocenters. The Morgan fingerprint density at radius 3 is 1.63 bits per heavy atom. The van der Waals surface area contributed by atoms with Crippen LogP contribution in [0, 0.1) is 0 Å². The van der Waals surface area contributed by atoms with E-state index in [0.717, 1.165) is 12.8 Å². The van der Waals surface area contributed by atoms with Gasteiger partial charge in [-0.25, -0.2) is 0 Å². The van der Waals surface area contributed by atoms with Crippen LogP contribution in [-0.4, -0.2) is 44.9 Å². The highest BCUT2D eigenvalue weighted by atomic mass is 79.9. The maximum Gasteiger partial charge on any atom is 0.229 e. The van der Waals surface area contributed by atoms with Crippen molar-refractivity contribution in [2.24, 2.45) is 0 Å². The quantitative estimate of drug-likeness (QED) is 0.211. The van der Waals surface area contributed by atoms with E-state index < -0.39 is 23.1 Å². The van der Waals surface area contributed by atoms with Gasteiger partial charge in [0.25, 0.3) is 0 Å². The van der Waals surface area contributed by atoms with E-state index in [1.807, 2.05) is 6.92 Å². The van der Waals surface area contributed by atoms with E-state index in [2.05, 4.69) is 15.9 Å². The molecule has 218 valence electrons. The molecule has 0 spiro atoms. The Labute approximate surface area is 252 Å². The molecule has 0 amide bonds. The summed E-state index contributed by atoms with van der Waals surface area (Å²) in [5.74, 6) is -3.59. The van der Waals surface area contributed by atoms with Crippen LogP contribution in [0.3, 0.4) is 0 Å². The average molecular weight is 647 g/mol. The molecule has 0 bridgehead atoms. The second-order valence-corrected chi connectivity index (χ2v) is 10.9. The molecular formula is C32H23BrO10. The van der Waals surface area contributed by atoms with Crippen LogP contribution in [0.1, 0.15) is 124 Å². The van der Waals surface area contributed by atoms with Gasteiger partial charge in [0.15, 0.2) is 34.6 Å². The number of rotatable bonds is 5. The van der Waals surface area contributed by atoms with Crippen molar-refractivity contribution < 1.29 is 47.8 Å². The molecule has 2 aromatic heterocycles. The third-order valence-electron chi connectivity index (χ3n) is 7.19. The van der Waals surface area contributed by atoms with Crippen molar-refractivity contribution >= 4 is 50.6 Å². The second-order valence-electron chi connectivity index (χ2n) is 10.1. The van der Waals surface area contributed by atoms with Gasteiger partial charge in [0.2, 0.25) is 23.1 Å². The number of aryl methyl sites for hydroxylation is 1. The lowest BCUT2D eigenvalue weighted by Gasteiger charge is -2.16. The van der Waals surface area contributed by atoms with Crippen LogP contribution in [0.5, 0.6) is 11.5 Å². The Kier molecular flexibility index (Phi) is 7.61. The van der Waals surface area contributed by atoms with Gasteiger partial charge in [-0.3, -0.25) is 28.8 Å². The molecule has 0 radical (unpaired) electrons.